The number of hydrogen-bond acceptors (Lipinski definition) is 1. The molecule has 8 unspecified atom stereocenters. The van der Waals surface area contributed by atoms with Gasteiger partial charge in [0.1, 0.15) is 0 Å². The predicted molar refractivity (Wildman–Crippen MR) is 99.8 cm³/mol. The molecule has 1 nitrogen and oxygen atoms in total. The summed E-state index contributed by atoms with van der Waals surface area (Å²) in [5.74, 6) is 7.11. The summed E-state index contributed by atoms with van der Waals surface area (Å²) >= 11 is 0. The second-order valence-electron chi connectivity index (χ2n) is 9.26. The fourth-order valence-corrected chi connectivity index (χ4v) is 4.88. The van der Waals surface area contributed by atoms with Crippen molar-refractivity contribution in [2.24, 2.45) is 53.1 Å². The van der Waals surface area contributed by atoms with Crippen LogP contribution in [0.3, 0.4) is 0 Å². The molecular formula is C21H43N. The number of hydrogen-bond donors (Lipinski definition) is 1. The Balaban J connectivity index is 0.000000224. The second-order valence-corrected chi connectivity index (χ2v) is 9.26. The molecule has 132 valence electrons. The van der Waals surface area contributed by atoms with Gasteiger partial charge in [-0.05, 0) is 66.6 Å². The third-order valence-corrected chi connectivity index (χ3v) is 7.24. The van der Waals surface area contributed by atoms with E-state index in [1.165, 1.54) is 25.7 Å². The van der Waals surface area contributed by atoms with Gasteiger partial charge in [-0.1, -0.05) is 61.8 Å². The highest BCUT2D eigenvalue weighted by atomic mass is 14.7. The van der Waals surface area contributed by atoms with Gasteiger partial charge in [-0.15, -0.1) is 0 Å². The Morgan fingerprint density at radius 1 is 0.727 bits per heavy atom. The summed E-state index contributed by atoms with van der Waals surface area (Å²) in [5.41, 5.74) is 5.96. The number of rotatable bonds is 1. The molecule has 22 heavy (non-hydrogen) atoms. The van der Waals surface area contributed by atoms with Crippen molar-refractivity contribution in [3.05, 3.63) is 0 Å². The first-order valence-corrected chi connectivity index (χ1v) is 9.90. The lowest BCUT2D eigenvalue weighted by atomic mass is 9.65. The van der Waals surface area contributed by atoms with Crippen LogP contribution in [0, 0.1) is 47.3 Å². The van der Waals surface area contributed by atoms with Crippen LogP contribution in [0.25, 0.3) is 0 Å². The molecule has 0 aromatic carbocycles. The van der Waals surface area contributed by atoms with E-state index < -0.39 is 0 Å². The molecule has 2 saturated carbocycles. The van der Waals surface area contributed by atoms with Crippen molar-refractivity contribution in [3.63, 3.8) is 0 Å². The van der Waals surface area contributed by atoms with Gasteiger partial charge in [0.05, 0.1) is 0 Å². The maximum Gasteiger partial charge on any atom is 0.00696 e. The summed E-state index contributed by atoms with van der Waals surface area (Å²) in [4.78, 5) is 0. The highest BCUT2D eigenvalue weighted by Gasteiger charge is 2.32. The molecule has 0 aromatic heterocycles. The van der Waals surface area contributed by atoms with Crippen molar-refractivity contribution in [1.29, 1.82) is 0 Å². The average Bonchev–Trinajstić information content (AvgIpc) is 2.42. The van der Waals surface area contributed by atoms with Crippen molar-refractivity contribution >= 4 is 0 Å². The minimum Gasteiger partial charge on any atom is -0.327 e. The lowest BCUT2D eigenvalue weighted by molar-refractivity contribution is 0.0938. The quantitative estimate of drug-likeness (QED) is 0.634. The van der Waals surface area contributed by atoms with Gasteiger partial charge in [0.25, 0.3) is 0 Å². The topological polar surface area (TPSA) is 26.0 Å². The lowest BCUT2D eigenvalue weighted by Crippen LogP contribution is -2.38. The van der Waals surface area contributed by atoms with Crippen LogP contribution in [0.1, 0.15) is 81.1 Å². The summed E-state index contributed by atoms with van der Waals surface area (Å²) in [7, 11) is 0. The third-order valence-electron chi connectivity index (χ3n) is 7.24. The molecule has 2 aliphatic carbocycles. The van der Waals surface area contributed by atoms with Crippen molar-refractivity contribution in [3.8, 4) is 0 Å². The van der Waals surface area contributed by atoms with E-state index in [2.05, 4.69) is 55.4 Å². The maximum atomic E-state index is 5.96. The Morgan fingerprint density at radius 2 is 1.32 bits per heavy atom. The summed E-state index contributed by atoms with van der Waals surface area (Å²) in [6, 6.07) is 0.457. The van der Waals surface area contributed by atoms with E-state index in [1.807, 2.05) is 0 Å². The molecule has 1 heteroatoms. The van der Waals surface area contributed by atoms with Crippen molar-refractivity contribution in [2.75, 3.05) is 0 Å². The summed E-state index contributed by atoms with van der Waals surface area (Å²) in [6.07, 6.45) is 5.51. The standard InChI is InChI=1S/C12H24.C9H19N/c1-8(2)12-7-6-9(3)10(4)11(12)5;1-6-4-7(2)8(3)9(10)5-6/h8-12H,6-7H2,1-5H3;6-9H,4-5,10H2,1-3H3. The molecular weight excluding hydrogens is 266 g/mol. The van der Waals surface area contributed by atoms with Crippen LogP contribution in [0.5, 0.6) is 0 Å². The van der Waals surface area contributed by atoms with E-state index in [-0.39, 0.29) is 0 Å². The molecule has 2 rings (SSSR count). The van der Waals surface area contributed by atoms with E-state index in [9.17, 15) is 0 Å². The van der Waals surface area contributed by atoms with Crippen LogP contribution in [-0.2, 0) is 0 Å². The molecule has 0 amide bonds. The molecule has 0 bridgehead atoms. The molecule has 2 fully saturated rings. The van der Waals surface area contributed by atoms with E-state index >= 15 is 0 Å². The van der Waals surface area contributed by atoms with Gasteiger partial charge in [0.2, 0.25) is 0 Å². The monoisotopic (exact) mass is 309 g/mol. The molecule has 2 aliphatic rings. The normalized spacial score (nSPS) is 46.1. The Labute approximate surface area is 140 Å². The van der Waals surface area contributed by atoms with E-state index in [0.717, 1.165) is 47.3 Å². The highest BCUT2D eigenvalue weighted by Crippen LogP contribution is 2.41. The summed E-state index contributed by atoms with van der Waals surface area (Å²) in [6.45, 7) is 19.0. The van der Waals surface area contributed by atoms with E-state index in [1.54, 1.807) is 0 Å². The first-order chi connectivity index (χ1) is 10.1. The SMILES string of the molecule is CC(C)C1CCC(C)C(C)C1C.CC1CC(C)C(C)C(N)C1. The molecule has 0 radical (unpaired) electrons. The Bertz CT molecular complexity index is 299. The van der Waals surface area contributed by atoms with Crippen LogP contribution in [0.15, 0.2) is 0 Å². The van der Waals surface area contributed by atoms with Gasteiger partial charge in [-0.2, -0.15) is 0 Å². The largest absolute Gasteiger partial charge is 0.327 e. The molecule has 0 aromatic rings. The first-order valence-electron chi connectivity index (χ1n) is 9.90. The fraction of sp³-hybridized carbons (Fsp3) is 1.00. The Hall–Kier alpha value is -0.0400. The van der Waals surface area contributed by atoms with Gasteiger partial charge >= 0.3 is 0 Å². The molecule has 0 spiro atoms. The van der Waals surface area contributed by atoms with Gasteiger partial charge in [0, 0.05) is 6.04 Å². The van der Waals surface area contributed by atoms with Crippen molar-refractivity contribution < 1.29 is 0 Å². The van der Waals surface area contributed by atoms with Gasteiger partial charge in [-0.25, -0.2) is 0 Å². The average molecular weight is 310 g/mol. The van der Waals surface area contributed by atoms with Crippen LogP contribution in [0.4, 0.5) is 0 Å². The third kappa shape index (κ3) is 5.25. The van der Waals surface area contributed by atoms with Gasteiger partial charge in [0.15, 0.2) is 0 Å². The van der Waals surface area contributed by atoms with Crippen LogP contribution in [0.2, 0.25) is 0 Å². The van der Waals surface area contributed by atoms with Crippen LogP contribution >= 0.6 is 0 Å². The zero-order valence-corrected chi connectivity index (χ0v) is 16.6. The molecule has 8 atom stereocenters. The smallest absolute Gasteiger partial charge is 0.00696 e. The second kappa shape index (κ2) is 8.71. The summed E-state index contributed by atoms with van der Waals surface area (Å²) < 4.78 is 0. The van der Waals surface area contributed by atoms with Crippen molar-refractivity contribution in [2.45, 2.75) is 87.1 Å². The zero-order valence-electron chi connectivity index (χ0n) is 16.6. The molecule has 0 saturated heterocycles. The van der Waals surface area contributed by atoms with Crippen molar-refractivity contribution in [1.82, 2.24) is 0 Å². The Morgan fingerprint density at radius 3 is 1.82 bits per heavy atom. The Kier molecular flexibility index (Phi) is 7.92. The van der Waals surface area contributed by atoms with Gasteiger partial charge < -0.3 is 5.73 Å². The molecule has 0 aliphatic heterocycles. The fourth-order valence-electron chi connectivity index (χ4n) is 4.88. The number of nitrogens with two attached hydrogens (primary N) is 1. The lowest BCUT2D eigenvalue weighted by Gasteiger charge is -2.40. The first kappa shape index (κ1) is 20.0. The van der Waals surface area contributed by atoms with E-state index in [0.29, 0.717) is 6.04 Å². The highest BCUT2D eigenvalue weighted by molar-refractivity contribution is 4.83. The van der Waals surface area contributed by atoms with Crippen LogP contribution in [-0.4, -0.2) is 6.04 Å². The maximum absolute atomic E-state index is 5.96. The summed E-state index contributed by atoms with van der Waals surface area (Å²) in [5, 5.41) is 0. The zero-order chi connectivity index (χ0) is 17.0. The molecule has 2 N–H and O–H groups in total. The minimum atomic E-state index is 0.457. The van der Waals surface area contributed by atoms with Gasteiger partial charge in [-0.3, -0.25) is 0 Å². The minimum absolute atomic E-state index is 0.457. The predicted octanol–water partition coefficient (Wildman–Crippen LogP) is 5.98. The van der Waals surface area contributed by atoms with Crippen LogP contribution < -0.4 is 5.73 Å². The van der Waals surface area contributed by atoms with E-state index in [4.69, 9.17) is 5.73 Å². The molecule has 0 heterocycles.